The summed E-state index contributed by atoms with van der Waals surface area (Å²) in [6, 6.07) is 21.7. The Morgan fingerprint density at radius 1 is 1.06 bits per heavy atom. The van der Waals surface area contributed by atoms with Gasteiger partial charge in [-0.25, -0.2) is 4.79 Å². The first kappa shape index (κ1) is 20.9. The molecule has 1 unspecified atom stereocenters. The highest BCUT2D eigenvalue weighted by Gasteiger charge is 2.32. The Kier molecular flexibility index (Phi) is 6.18. The Morgan fingerprint density at radius 3 is 2.48 bits per heavy atom. The highest BCUT2D eigenvalue weighted by atomic mass is 32.2. The zero-order valence-electron chi connectivity index (χ0n) is 16.7. The maximum absolute atomic E-state index is 12.6. The Morgan fingerprint density at radius 2 is 1.81 bits per heavy atom. The number of nitrogens with zero attached hydrogens (tertiary/aromatic N) is 1. The van der Waals surface area contributed by atoms with Crippen LogP contribution in [0.15, 0.2) is 77.7 Å². The highest BCUT2D eigenvalue weighted by Crippen LogP contribution is 2.36. The number of ketones is 1. The van der Waals surface area contributed by atoms with Crippen molar-refractivity contribution >= 4 is 35.5 Å². The van der Waals surface area contributed by atoms with E-state index >= 15 is 0 Å². The minimum atomic E-state index is -0.929. The van der Waals surface area contributed by atoms with Crippen LogP contribution in [0.3, 0.4) is 0 Å². The molecule has 0 bridgehead atoms. The maximum Gasteiger partial charge on any atom is 0.335 e. The van der Waals surface area contributed by atoms with Crippen molar-refractivity contribution in [2.45, 2.75) is 17.4 Å². The van der Waals surface area contributed by atoms with Gasteiger partial charge in [-0.3, -0.25) is 4.79 Å². The van der Waals surface area contributed by atoms with E-state index < -0.39 is 12.0 Å². The van der Waals surface area contributed by atoms with Gasteiger partial charge in [0.05, 0.1) is 12.1 Å². The van der Waals surface area contributed by atoms with Crippen LogP contribution in [0.2, 0.25) is 0 Å². The third-order valence-corrected chi connectivity index (χ3v) is 6.35. The lowest BCUT2D eigenvalue weighted by molar-refractivity contribution is -0.109. The molecule has 0 spiro atoms. The molecule has 0 radical (unpaired) electrons. The minimum Gasteiger partial charge on any atom is -0.478 e. The lowest BCUT2D eigenvalue weighted by Gasteiger charge is -2.25. The summed E-state index contributed by atoms with van der Waals surface area (Å²) in [5.74, 6) is -0.101. The van der Waals surface area contributed by atoms with Crippen LogP contribution < -0.4 is 4.90 Å². The number of rotatable bonds is 8. The molecular weight excluding hydrogens is 410 g/mol. The highest BCUT2D eigenvalue weighted by molar-refractivity contribution is 7.99. The van der Waals surface area contributed by atoms with Crippen LogP contribution in [0, 0.1) is 0 Å². The largest absolute Gasteiger partial charge is 0.478 e. The van der Waals surface area contributed by atoms with Gasteiger partial charge in [-0.05, 0) is 47.9 Å². The topological polar surface area (TPSA) is 74.7 Å². The van der Waals surface area contributed by atoms with Crippen molar-refractivity contribution in [3.8, 4) is 0 Å². The molecule has 3 aromatic rings. The molecule has 4 rings (SSSR count). The first-order valence-electron chi connectivity index (χ1n) is 9.96. The Bertz CT molecular complexity index is 1110. The molecule has 156 valence electrons. The van der Waals surface area contributed by atoms with Crippen molar-refractivity contribution in [1.82, 2.24) is 0 Å². The number of aryl methyl sites for hydroxylation is 1. The summed E-state index contributed by atoms with van der Waals surface area (Å²) < 4.78 is 0. The predicted molar refractivity (Wildman–Crippen MR) is 121 cm³/mol. The molecule has 0 saturated carbocycles. The number of aldehydes is 1. The number of carbonyl (C=O) groups is 3. The number of anilines is 1. The molecule has 1 aliphatic rings. The zero-order chi connectivity index (χ0) is 21.8. The molecule has 6 heteroatoms. The van der Waals surface area contributed by atoms with Gasteiger partial charge in [0.25, 0.3) is 0 Å². The van der Waals surface area contributed by atoms with Crippen LogP contribution in [-0.2, 0) is 11.2 Å². The van der Waals surface area contributed by atoms with Gasteiger partial charge in [-0.1, -0.05) is 42.5 Å². The molecule has 0 fully saturated rings. The number of benzene rings is 3. The van der Waals surface area contributed by atoms with E-state index in [1.807, 2.05) is 65.6 Å². The summed E-state index contributed by atoms with van der Waals surface area (Å²) >= 11 is 1.65. The second-order valence-electron chi connectivity index (χ2n) is 7.32. The van der Waals surface area contributed by atoms with Crippen LogP contribution in [0.25, 0.3) is 0 Å². The minimum absolute atomic E-state index is 0.0180. The molecule has 1 heterocycles. The average Bonchev–Trinajstić information content (AvgIpc) is 3.11. The summed E-state index contributed by atoms with van der Waals surface area (Å²) in [6.07, 6.45) is 1.68. The van der Waals surface area contributed by atoms with Crippen LogP contribution in [0.1, 0.15) is 37.9 Å². The van der Waals surface area contributed by atoms with Crippen molar-refractivity contribution < 1.29 is 19.5 Å². The van der Waals surface area contributed by atoms with Gasteiger partial charge in [-0.2, -0.15) is 0 Å². The van der Waals surface area contributed by atoms with Crippen LogP contribution >= 0.6 is 11.8 Å². The number of carboxylic acid groups (broad SMARTS) is 1. The molecule has 31 heavy (non-hydrogen) atoms. The Balaban J connectivity index is 1.44. The van der Waals surface area contributed by atoms with E-state index in [1.165, 1.54) is 0 Å². The number of thioether (sulfide) groups is 1. The van der Waals surface area contributed by atoms with E-state index in [4.69, 9.17) is 5.11 Å². The second kappa shape index (κ2) is 9.18. The Hall–Kier alpha value is -3.38. The van der Waals surface area contributed by atoms with E-state index in [1.54, 1.807) is 23.9 Å². The predicted octanol–water partition coefficient (Wildman–Crippen LogP) is 4.66. The lowest BCUT2D eigenvalue weighted by atomic mass is 10.1. The average molecular weight is 432 g/mol. The molecule has 0 amide bonds. The number of fused-ring (bicyclic) bond motifs is 1. The van der Waals surface area contributed by atoms with Gasteiger partial charge >= 0.3 is 5.97 Å². The summed E-state index contributed by atoms with van der Waals surface area (Å²) in [5.41, 5.74) is 3.66. The van der Waals surface area contributed by atoms with E-state index in [0.717, 1.165) is 40.2 Å². The van der Waals surface area contributed by atoms with Crippen LogP contribution in [0.5, 0.6) is 0 Å². The molecule has 0 saturated heterocycles. The second-order valence-corrected chi connectivity index (χ2v) is 8.49. The number of Topliss-reactive ketones (excluding diaryl/α,β-unsaturated/α-hetero) is 1. The van der Waals surface area contributed by atoms with E-state index in [2.05, 4.69) is 0 Å². The number of carbonyl (C=O) groups excluding carboxylic acids is 2. The first-order valence-corrected chi connectivity index (χ1v) is 10.9. The zero-order valence-corrected chi connectivity index (χ0v) is 17.5. The third-order valence-electron chi connectivity index (χ3n) is 5.36. The molecule has 1 atom stereocenters. The first-order chi connectivity index (χ1) is 15.1. The van der Waals surface area contributed by atoms with Crippen molar-refractivity contribution in [3.63, 3.8) is 0 Å². The van der Waals surface area contributed by atoms with Crippen molar-refractivity contribution in [2.75, 3.05) is 17.2 Å². The maximum atomic E-state index is 12.6. The third kappa shape index (κ3) is 4.54. The van der Waals surface area contributed by atoms with Crippen molar-refractivity contribution in [1.29, 1.82) is 0 Å². The summed E-state index contributed by atoms with van der Waals surface area (Å²) in [5, 5.41) is 8.98. The molecule has 1 N–H and O–H groups in total. The fraction of sp³-hybridized carbons (Fsp3) is 0.160. The molecule has 5 nitrogen and oxygen atoms in total. The van der Waals surface area contributed by atoms with Crippen molar-refractivity contribution in [2.24, 2.45) is 0 Å². The number of carboxylic acids is 1. The van der Waals surface area contributed by atoms with E-state index in [9.17, 15) is 14.4 Å². The molecule has 0 aliphatic carbocycles. The summed E-state index contributed by atoms with van der Waals surface area (Å²) in [4.78, 5) is 38.3. The van der Waals surface area contributed by atoms with Gasteiger partial charge in [0.15, 0.2) is 5.78 Å². The van der Waals surface area contributed by atoms with E-state index in [-0.39, 0.29) is 17.9 Å². The molecule has 3 aromatic carbocycles. The molecule has 0 aromatic heterocycles. The summed E-state index contributed by atoms with van der Waals surface area (Å²) in [6.45, 7) is 0.192. The SMILES string of the molecule is O=CC(c1ccccc1)N1CC(=O)c2cc(SCCc3ccc(C(=O)O)cc3)ccc21. The van der Waals surface area contributed by atoms with Gasteiger partial charge in [0.2, 0.25) is 0 Å². The van der Waals surface area contributed by atoms with Gasteiger partial charge in [-0.15, -0.1) is 11.8 Å². The molecule has 1 aliphatic heterocycles. The number of hydrogen-bond acceptors (Lipinski definition) is 5. The standard InChI is InChI=1S/C25H21NO4S/c27-16-23(18-4-2-1-3-5-18)26-15-24(28)21-14-20(10-11-22(21)26)31-13-12-17-6-8-19(9-7-17)25(29)30/h1-11,14,16,23H,12-13,15H2,(H,29,30). The van der Waals surface area contributed by atoms with Crippen LogP contribution in [-0.4, -0.2) is 35.4 Å². The quantitative estimate of drug-likeness (QED) is 0.413. The fourth-order valence-corrected chi connectivity index (χ4v) is 4.67. The number of aromatic carboxylic acids is 1. The Labute approximate surface area is 184 Å². The van der Waals surface area contributed by atoms with Gasteiger partial charge < -0.3 is 14.8 Å². The smallest absolute Gasteiger partial charge is 0.335 e. The number of hydrogen-bond donors (Lipinski definition) is 1. The van der Waals surface area contributed by atoms with Gasteiger partial charge in [0, 0.05) is 21.9 Å². The monoisotopic (exact) mass is 431 g/mol. The molecular formula is C25H21NO4S. The van der Waals surface area contributed by atoms with Crippen molar-refractivity contribution in [3.05, 3.63) is 95.1 Å². The van der Waals surface area contributed by atoms with Gasteiger partial charge in [0.1, 0.15) is 12.3 Å². The fourth-order valence-electron chi connectivity index (χ4n) is 3.73. The lowest BCUT2D eigenvalue weighted by Crippen LogP contribution is -2.29. The normalized spacial score (nSPS) is 13.7. The summed E-state index contributed by atoms with van der Waals surface area (Å²) in [7, 11) is 0. The van der Waals surface area contributed by atoms with Crippen LogP contribution in [0.4, 0.5) is 5.69 Å². The van der Waals surface area contributed by atoms with E-state index in [0.29, 0.717) is 5.56 Å².